The van der Waals surface area contributed by atoms with Crippen LogP contribution in [0.4, 0.5) is 0 Å². The maximum Gasteiger partial charge on any atom is 0.244 e. The molecule has 0 aliphatic heterocycles. The lowest BCUT2D eigenvalue weighted by Gasteiger charge is -2.16. The Morgan fingerprint density at radius 1 is 1.33 bits per heavy atom. The minimum absolute atomic E-state index is 0.415. The first-order chi connectivity index (χ1) is 9.95. The van der Waals surface area contributed by atoms with E-state index in [0.29, 0.717) is 18.0 Å². The Hall–Kier alpha value is -0.730. The summed E-state index contributed by atoms with van der Waals surface area (Å²) >= 11 is 3.11. The van der Waals surface area contributed by atoms with Crippen LogP contribution in [-0.2, 0) is 23.1 Å². The van der Waals surface area contributed by atoms with Gasteiger partial charge in [-0.1, -0.05) is 13.0 Å². The summed E-state index contributed by atoms with van der Waals surface area (Å²) < 4.78 is 26.8. The van der Waals surface area contributed by atoms with E-state index >= 15 is 0 Å². The summed E-state index contributed by atoms with van der Waals surface area (Å²) in [6.07, 6.45) is 0. The van der Waals surface area contributed by atoms with Crippen LogP contribution in [0.25, 0.3) is 0 Å². The van der Waals surface area contributed by atoms with E-state index in [1.807, 2.05) is 31.4 Å². The highest BCUT2D eigenvalue weighted by Gasteiger charge is 2.25. The molecule has 2 rings (SSSR count). The first-order valence-electron chi connectivity index (χ1n) is 6.74. The zero-order valence-corrected chi connectivity index (χ0v) is 14.9. The van der Waals surface area contributed by atoms with E-state index < -0.39 is 10.0 Å². The van der Waals surface area contributed by atoms with Gasteiger partial charge in [0.15, 0.2) is 0 Å². The number of sulfonamides is 1. The molecule has 0 aliphatic carbocycles. The summed E-state index contributed by atoms with van der Waals surface area (Å²) in [6, 6.07) is 5.68. The Morgan fingerprint density at radius 2 is 2.10 bits per heavy atom. The van der Waals surface area contributed by atoms with Crippen LogP contribution >= 0.6 is 22.7 Å². The van der Waals surface area contributed by atoms with Crippen LogP contribution in [0.5, 0.6) is 0 Å². The fraction of sp³-hybridized carbons (Fsp3) is 0.429. The fourth-order valence-electron chi connectivity index (χ4n) is 1.99. The van der Waals surface area contributed by atoms with Gasteiger partial charge in [-0.3, -0.25) is 0 Å². The summed E-state index contributed by atoms with van der Waals surface area (Å²) in [5.74, 6) is 0. The highest BCUT2D eigenvalue weighted by Crippen LogP contribution is 2.28. The van der Waals surface area contributed by atoms with Crippen LogP contribution in [0.1, 0.15) is 21.6 Å². The third kappa shape index (κ3) is 3.92. The lowest BCUT2D eigenvalue weighted by Crippen LogP contribution is -2.26. The van der Waals surface area contributed by atoms with Crippen molar-refractivity contribution in [2.24, 2.45) is 0 Å². The van der Waals surface area contributed by atoms with Crippen molar-refractivity contribution in [1.29, 1.82) is 0 Å². The molecular weight excluding hydrogens is 324 g/mol. The molecule has 0 aliphatic rings. The molecule has 0 aromatic carbocycles. The first-order valence-corrected chi connectivity index (χ1v) is 9.87. The van der Waals surface area contributed by atoms with Gasteiger partial charge in [0.05, 0.1) is 4.90 Å². The van der Waals surface area contributed by atoms with Crippen molar-refractivity contribution in [1.82, 2.24) is 9.62 Å². The second kappa shape index (κ2) is 7.02. The number of thiophene rings is 2. The van der Waals surface area contributed by atoms with E-state index in [-0.39, 0.29) is 0 Å². The van der Waals surface area contributed by atoms with Crippen molar-refractivity contribution in [3.63, 3.8) is 0 Å². The first kappa shape index (κ1) is 16.6. The van der Waals surface area contributed by atoms with E-state index in [4.69, 9.17) is 0 Å². The van der Waals surface area contributed by atoms with E-state index in [2.05, 4.69) is 5.32 Å². The fourth-order valence-corrected chi connectivity index (χ4v) is 5.55. The van der Waals surface area contributed by atoms with E-state index in [1.165, 1.54) is 4.31 Å². The molecule has 4 nitrogen and oxygen atoms in total. The molecule has 0 radical (unpaired) electrons. The van der Waals surface area contributed by atoms with Crippen LogP contribution in [-0.4, -0.2) is 26.3 Å². The zero-order valence-electron chi connectivity index (χ0n) is 12.4. The molecule has 116 valence electrons. The monoisotopic (exact) mass is 344 g/mol. The van der Waals surface area contributed by atoms with Gasteiger partial charge < -0.3 is 5.32 Å². The zero-order chi connectivity index (χ0) is 15.5. The highest BCUT2D eigenvalue weighted by molar-refractivity contribution is 7.89. The Labute approximate surface area is 134 Å². The maximum absolute atomic E-state index is 12.7. The standard InChI is InChI=1S/C14H20N2O2S3/c1-4-15-9-13-8-14(11(2)20-13)21(17,18)16(3)10-12-6-5-7-19-12/h5-8,15H,4,9-10H2,1-3H3. The number of aryl methyl sites for hydroxylation is 1. The molecule has 7 heteroatoms. The van der Waals surface area contributed by atoms with Crippen molar-refractivity contribution in [3.05, 3.63) is 38.2 Å². The number of rotatable bonds is 7. The van der Waals surface area contributed by atoms with Crippen molar-refractivity contribution >= 4 is 32.7 Å². The molecule has 0 saturated heterocycles. The molecule has 0 unspecified atom stereocenters. The van der Waals surface area contributed by atoms with Crippen LogP contribution in [0.15, 0.2) is 28.5 Å². The lowest BCUT2D eigenvalue weighted by molar-refractivity contribution is 0.469. The van der Waals surface area contributed by atoms with E-state index in [1.54, 1.807) is 35.8 Å². The van der Waals surface area contributed by atoms with E-state index in [0.717, 1.165) is 21.2 Å². The Bertz CT molecular complexity index is 675. The quantitative estimate of drug-likeness (QED) is 0.840. The summed E-state index contributed by atoms with van der Waals surface area (Å²) in [4.78, 5) is 3.37. The van der Waals surface area contributed by atoms with Gasteiger partial charge in [-0.15, -0.1) is 22.7 Å². The van der Waals surface area contributed by atoms with Crippen molar-refractivity contribution in [2.45, 2.75) is 31.8 Å². The predicted molar refractivity (Wildman–Crippen MR) is 89.4 cm³/mol. The van der Waals surface area contributed by atoms with Gasteiger partial charge in [0.25, 0.3) is 0 Å². The van der Waals surface area contributed by atoms with Gasteiger partial charge in [0.1, 0.15) is 0 Å². The van der Waals surface area contributed by atoms with Crippen LogP contribution in [0.3, 0.4) is 0 Å². The van der Waals surface area contributed by atoms with Gasteiger partial charge in [-0.2, -0.15) is 4.31 Å². The normalized spacial score (nSPS) is 12.2. The molecule has 0 bridgehead atoms. The van der Waals surface area contributed by atoms with Gasteiger partial charge in [0.2, 0.25) is 10.0 Å². The maximum atomic E-state index is 12.7. The molecule has 0 amide bonds. The minimum atomic E-state index is -3.43. The Balaban J connectivity index is 2.20. The lowest BCUT2D eigenvalue weighted by atomic mass is 10.4. The van der Waals surface area contributed by atoms with Crippen molar-refractivity contribution in [2.75, 3.05) is 13.6 Å². The summed E-state index contributed by atoms with van der Waals surface area (Å²) in [5.41, 5.74) is 0. The molecule has 2 aromatic heterocycles. The minimum Gasteiger partial charge on any atom is -0.312 e. The van der Waals surface area contributed by atoms with Gasteiger partial charge in [-0.05, 0) is 31.0 Å². The summed E-state index contributed by atoms with van der Waals surface area (Å²) in [6.45, 7) is 5.90. The van der Waals surface area contributed by atoms with Crippen LogP contribution in [0.2, 0.25) is 0 Å². The number of hydrogen-bond donors (Lipinski definition) is 1. The second-order valence-corrected chi connectivity index (χ2v) is 9.14. The highest BCUT2D eigenvalue weighted by atomic mass is 32.2. The number of nitrogens with one attached hydrogen (secondary N) is 1. The topological polar surface area (TPSA) is 49.4 Å². The molecule has 0 atom stereocenters. The van der Waals surface area contributed by atoms with Crippen molar-refractivity contribution < 1.29 is 8.42 Å². The molecule has 0 fully saturated rings. The van der Waals surface area contributed by atoms with Gasteiger partial charge in [-0.25, -0.2) is 8.42 Å². The molecule has 2 heterocycles. The Morgan fingerprint density at radius 3 is 2.71 bits per heavy atom. The summed E-state index contributed by atoms with van der Waals surface area (Å²) in [7, 11) is -1.79. The molecular formula is C14H20N2O2S3. The SMILES string of the molecule is CCNCc1cc(S(=O)(=O)N(C)Cc2cccs2)c(C)s1. The molecule has 1 N–H and O–H groups in total. The smallest absolute Gasteiger partial charge is 0.244 e. The van der Waals surface area contributed by atoms with E-state index in [9.17, 15) is 8.42 Å². The predicted octanol–water partition coefficient (Wildman–Crippen LogP) is 3.05. The number of hydrogen-bond acceptors (Lipinski definition) is 5. The Kier molecular flexibility index (Phi) is 5.56. The third-order valence-electron chi connectivity index (χ3n) is 3.12. The van der Waals surface area contributed by atoms with Crippen LogP contribution < -0.4 is 5.32 Å². The summed E-state index contributed by atoms with van der Waals surface area (Å²) in [5, 5.41) is 5.18. The number of nitrogens with zero attached hydrogens (tertiary/aromatic N) is 1. The average Bonchev–Trinajstić information content (AvgIpc) is 3.06. The molecule has 0 saturated carbocycles. The van der Waals surface area contributed by atoms with Gasteiger partial charge >= 0.3 is 0 Å². The molecule has 2 aromatic rings. The van der Waals surface area contributed by atoms with Crippen LogP contribution in [0, 0.1) is 6.92 Å². The molecule has 21 heavy (non-hydrogen) atoms. The second-order valence-electron chi connectivity index (χ2n) is 4.75. The third-order valence-corrected chi connectivity index (χ3v) is 7.09. The molecule has 0 spiro atoms. The van der Waals surface area contributed by atoms with Gasteiger partial charge in [0, 0.05) is 34.8 Å². The van der Waals surface area contributed by atoms with Crippen molar-refractivity contribution in [3.8, 4) is 0 Å². The largest absolute Gasteiger partial charge is 0.312 e. The average molecular weight is 345 g/mol.